The van der Waals surface area contributed by atoms with E-state index >= 15 is 0 Å². The molecule has 6 heteroatoms. The van der Waals surface area contributed by atoms with E-state index < -0.39 is 0 Å². The Morgan fingerprint density at radius 2 is 1.68 bits per heavy atom. The minimum Gasteiger partial charge on any atom is -0.331 e. The van der Waals surface area contributed by atoms with Crippen LogP contribution >= 0.6 is 11.3 Å². The molecule has 2 aromatic carbocycles. The van der Waals surface area contributed by atoms with Crippen molar-refractivity contribution in [3.05, 3.63) is 69.8 Å². The molecular formula is C19H15N3O2S. The number of para-hydroxylation sites is 2. The molecule has 2 heterocycles. The Balaban J connectivity index is 1.83. The van der Waals surface area contributed by atoms with Crippen molar-refractivity contribution in [2.45, 2.75) is 13.5 Å². The molecule has 0 saturated carbocycles. The third-order valence-electron chi connectivity index (χ3n) is 4.05. The van der Waals surface area contributed by atoms with Gasteiger partial charge in [0.25, 0.3) is 0 Å². The Bertz CT molecular complexity index is 1100. The monoisotopic (exact) mass is 349 g/mol. The van der Waals surface area contributed by atoms with Crippen molar-refractivity contribution in [1.82, 2.24) is 9.55 Å². The lowest BCUT2D eigenvalue weighted by molar-refractivity contribution is -0.116. The zero-order valence-electron chi connectivity index (χ0n) is 13.5. The maximum absolute atomic E-state index is 12.7. The number of carbonyl (C=O) groups excluding carboxylic acids is 1. The van der Waals surface area contributed by atoms with Crippen LogP contribution in [-0.4, -0.2) is 15.5 Å². The van der Waals surface area contributed by atoms with Gasteiger partial charge in [0.05, 0.1) is 11.0 Å². The number of nitrogens with one attached hydrogen (secondary N) is 1. The Kier molecular flexibility index (Phi) is 3.82. The fourth-order valence-corrected chi connectivity index (χ4v) is 3.64. The van der Waals surface area contributed by atoms with Crippen LogP contribution in [0.15, 0.2) is 59.5 Å². The van der Waals surface area contributed by atoms with Gasteiger partial charge < -0.3 is 9.88 Å². The number of benzene rings is 2. The number of nitrogens with zero attached hydrogens (tertiary/aromatic N) is 2. The minimum absolute atomic E-state index is 0.0154. The Morgan fingerprint density at radius 3 is 2.24 bits per heavy atom. The first kappa shape index (κ1) is 15.5. The molecule has 0 atom stereocenters. The topological polar surface area (TPSA) is 64.0 Å². The van der Waals surface area contributed by atoms with Gasteiger partial charge in [0, 0.05) is 21.8 Å². The van der Waals surface area contributed by atoms with E-state index in [2.05, 4.69) is 10.3 Å². The van der Waals surface area contributed by atoms with E-state index in [1.54, 1.807) is 18.3 Å². The summed E-state index contributed by atoms with van der Waals surface area (Å²) in [7, 11) is 0. The van der Waals surface area contributed by atoms with E-state index in [0.29, 0.717) is 15.9 Å². The van der Waals surface area contributed by atoms with Gasteiger partial charge in [-0.1, -0.05) is 24.3 Å². The van der Waals surface area contributed by atoms with E-state index in [9.17, 15) is 9.59 Å². The Labute approximate surface area is 147 Å². The lowest BCUT2D eigenvalue weighted by Crippen LogP contribution is -2.21. The minimum atomic E-state index is -0.173. The van der Waals surface area contributed by atoms with Gasteiger partial charge in [-0.2, -0.15) is 0 Å². The molecule has 0 unspecified atom stereocenters. The normalized spacial score (nSPS) is 11.1. The molecule has 1 amide bonds. The van der Waals surface area contributed by atoms with Crippen LogP contribution in [0, 0.1) is 6.92 Å². The van der Waals surface area contributed by atoms with Gasteiger partial charge in [0.2, 0.25) is 5.91 Å². The van der Waals surface area contributed by atoms with Crippen molar-refractivity contribution in [3.63, 3.8) is 0 Å². The number of anilines is 1. The lowest BCUT2D eigenvalue weighted by atomic mass is 10.1. The third kappa shape index (κ3) is 2.81. The number of aryl methyl sites for hydroxylation is 1. The highest BCUT2D eigenvalue weighted by Crippen LogP contribution is 2.20. The molecule has 2 aromatic heterocycles. The summed E-state index contributed by atoms with van der Waals surface area (Å²) in [6.07, 6.45) is 1.73. The zero-order chi connectivity index (χ0) is 17.4. The first-order valence-corrected chi connectivity index (χ1v) is 8.68. The summed E-state index contributed by atoms with van der Waals surface area (Å²) in [5, 5.41) is 4.63. The average molecular weight is 349 g/mol. The van der Waals surface area contributed by atoms with Crippen molar-refractivity contribution in [2.75, 3.05) is 5.32 Å². The lowest BCUT2D eigenvalue weighted by Gasteiger charge is -2.14. The fraction of sp³-hybridized carbons (Fsp3) is 0.105. The van der Waals surface area contributed by atoms with Crippen molar-refractivity contribution < 1.29 is 4.79 Å². The zero-order valence-corrected chi connectivity index (χ0v) is 14.3. The molecule has 0 spiro atoms. The van der Waals surface area contributed by atoms with Gasteiger partial charge in [-0.25, -0.2) is 4.98 Å². The van der Waals surface area contributed by atoms with Crippen LogP contribution in [0.1, 0.15) is 4.88 Å². The number of carbonyl (C=O) groups is 1. The molecule has 0 aliphatic rings. The molecule has 0 aliphatic carbocycles. The largest absolute Gasteiger partial charge is 0.331 e. The molecule has 5 nitrogen and oxygen atoms in total. The Hall–Kier alpha value is -2.99. The smallest absolute Gasteiger partial charge is 0.246 e. The average Bonchev–Trinajstić information content (AvgIpc) is 3.03. The van der Waals surface area contributed by atoms with Gasteiger partial charge in [-0.3, -0.25) is 9.59 Å². The highest BCUT2D eigenvalue weighted by atomic mass is 32.1. The van der Waals surface area contributed by atoms with Crippen molar-refractivity contribution in [2.24, 2.45) is 0 Å². The predicted molar refractivity (Wildman–Crippen MR) is 101 cm³/mol. The number of aromatic nitrogens is 2. The predicted octanol–water partition coefficient (Wildman–Crippen LogP) is 3.56. The van der Waals surface area contributed by atoms with Crippen molar-refractivity contribution in [3.8, 4) is 0 Å². The third-order valence-corrected chi connectivity index (χ3v) is 4.88. The van der Waals surface area contributed by atoms with Crippen LogP contribution in [0.4, 0.5) is 5.13 Å². The van der Waals surface area contributed by atoms with Crippen LogP contribution in [-0.2, 0) is 11.3 Å². The highest BCUT2D eigenvalue weighted by molar-refractivity contribution is 7.15. The number of hydrogen-bond acceptors (Lipinski definition) is 4. The quantitative estimate of drug-likeness (QED) is 0.575. The van der Waals surface area contributed by atoms with E-state index in [-0.39, 0.29) is 17.9 Å². The highest BCUT2D eigenvalue weighted by Gasteiger charge is 2.13. The number of amides is 1. The van der Waals surface area contributed by atoms with Gasteiger partial charge in [0.15, 0.2) is 10.6 Å². The Morgan fingerprint density at radius 1 is 1.08 bits per heavy atom. The molecule has 1 N–H and O–H groups in total. The second kappa shape index (κ2) is 6.14. The molecule has 124 valence electrons. The van der Waals surface area contributed by atoms with Crippen LogP contribution in [0.25, 0.3) is 21.8 Å². The molecule has 0 fully saturated rings. The van der Waals surface area contributed by atoms with Crippen LogP contribution < -0.4 is 10.7 Å². The number of thiazole rings is 1. The maximum atomic E-state index is 12.7. The summed E-state index contributed by atoms with van der Waals surface area (Å²) in [4.78, 5) is 30.4. The number of hydrogen-bond donors (Lipinski definition) is 1. The maximum Gasteiger partial charge on any atom is 0.246 e. The fourth-order valence-electron chi connectivity index (χ4n) is 2.96. The summed E-state index contributed by atoms with van der Waals surface area (Å²) in [5.41, 5.74) is 1.48. The van der Waals surface area contributed by atoms with Gasteiger partial charge in [-0.15, -0.1) is 11.3 Å². The van der Waals surface area contributed by atoms with Gasteiger partial charge >= 0.3 is 0 Å². The second-order valence-corrected chi connectivity index (χ2v) is 7.01. The second-order valence-electron chi connectivity index (χ2n) is 5.77. The molecule has 0 saturated heterocycles. The number of fused-ring (bicyclic) bond motifs is 2. The molecule has 4 aromatic rings. The van der Waals surface area contributed by atoms with Crippen molar-refractivity contribution in [1.29, 1.82) is 0 Å². The summed E-state index contributed by atoms with van der Waals surface area (Å²) in [6.45, 7) is 2.05. The summed E-state index contributed by atoms with van der Waals surface area (Å²) < 4.78 is 1.88. The van der Waals surface area contributed by atoms with Crippen LogP contribution in [0.3, 0.4) is 0 Å². The van der Waals surface area contributed by atoms with Gasteiger partial charge in [-0.05, 0) is 31.2 Å². The summed E-state index contributed by atoms with van der Waals surface area (Å²) in [6, 6.07) is 14.7. The number of pyridine rings is 1. The van der Waals surface area contributed by atoms with Gasteiger partial charge in [0.1, 0.15) is 6.54 Å². The van der Waals surface area contributed by atoms with E-state index in [1.165, 1.54) is 11.3 Å². The van der Waals surface area contributed by atoms with Crippen molar-refractivity contribution >= 4 is 44.2 Å². The van der Waals surface area contributed by atoms with E-state index in [4.69, 9.17) is 0 Å². The summed E-state index contributed by atoms with van der Waals surface area (Å²) in [5.74, 6) is -0.173. The standard InChI is InChI=1S/C19H15N3O2S/c1-12-10-20-19(25-12)21-17(23)11-22-15-8-4-2-6-13(15)18(24)14-7-3-5-9-16(14)22/h2-10H,11H2,1H3,(H,20,21,23). The molecular weight excluding hydrogens is 334 g/mol. The molecule has 0 aliphatic heterocycles. The van der Waals surface area contributed by atoms with Crippen LogP contribution in [0.2, 0.25) is 0 Å². The molecule has 0 radical (unpaired) electrons. The molecule has 0 bridgehead atoms. The first-order chi connectivity index (χ1) is 12.1. The van der Waals surface area contributed by atoms with E-state index in [1.807, 2.05) is 47.9 Å². The summed E-state index contributed by atoms with van der Waals surface area (Å²) >= 11 is 1.43. The first-order valence-electron chi connectivity index (χ1n) is 7.86. The van der Waals surface area contributed by atoms with E-state index in [0.717, 1.165) is 15.9 Å². The van der Waals surface area contributed by atoms with Crippen LogP contribution in [0.5, 0.6) is 0 Å². The molecule has 25 heavy (non-hydrogen) atoms. The number of rotatable bonds is 3. The molecule has 4 rings (SSSR count). The SMILES string of the molecule is Cc1cnc(NC(=O)Cn2c3ccccc3c(=O)c3ccccc32)s1.